The van der Waals surface area contributed by atoms with E-state index in [0.717, 1.165) is 21.5 Å². The summed E-state index contributed by atoms with van der Waals surface area (Å²) in [7, 11) is 0. The molecule has 0 aliphatic rings. The molecule has 59 heavy (non-hydrogen) atoms. The summed E-state index contributed by atoms with van der Waals surface area (Å²) in [6, 6.07) is 84.3. The molecule has 0 radical (unpaired) electrons. The molecule has 0 spiro atoms. The average molecular weight is 824 g/mol. The molecule has 3 heteroatoms. The maximum atomic E-state index is 5.60. The number of rotatable bonds is 6. The Labute approximate surface area is 355 Å². The monoisotopic (exact) mass is 822 g/mol. The van der Waals surface area contributed by atoms with Gasteiger partial charge in [0, 0.05) is 21.5 Å². The van der Waals surface area contributed by atoms with Gasteiger partial charge < -0.3 is 11.1 Å². The van der Waals surface area contributed by atoms with Crippen LogP contribution in [-0.4, -0.2) is 0 Å². The first kappa shape index (κ1) is 38.7. The number of nitrogens with two attached hydrogens (primary N) is 1. The molecule has 0 aliphatic carbocycles. The summed E-state index contributed by atoms with van der Waals surface area (Å²) < 4.78 is 1.11. The van der Waals surface area contributed by atoms with Gasteiger partial charge in [-0.3, -0.25) is 0 Å². The minimum Gasteiger partial charge on any atom is -0.399 e. The van der Waals surface area contributed by atoms with E-state index in [9.17, 15) is 0 Å². The Morgan fingerprint density at radius 1 is 0.271 bits per heavy atom. The van der Waals surface area contributed by atoms with E-state index >= 15 is 0 Å². The summed E-state index contributed by atoms with van der Waals surface area (Å²) in [4.78, 5) is 0. The SMILES string of the molecule is Brc1ccc(-c2ccc3ccccc3c2)cc1.Nc1ccc(-c2ccccc2)cc1.c1ccc(-c2ccc(Nc3ccc(-c4ccc5ccccc5c4)cc3)cc2)cc1. The van der Waals surface area contributed by atoms with Gasteiger partial charge in [0.25, 0.3) is 0 Å². The smallest absolute Gasteiger partial charge is 0.0384 e. The molecule has 2 nitrogen and oxygen atoms in total. The normalized spacial score (nSPS) is 10.5. The van der Waals surface area contributed by atoms with Gasteiger partial charge in [-0.1, -0.05) is 198 Å². The number of hydrogen-bond donors (Lipinski definition) is 2. The van der Waals surface area contributed by atoms with Crippen LogP contribution in [0.5, 0.6) is 0 Å². The van der Waals surface area contributed by atoms with Gasteiger partial charge in [-0.25, -0.2) is 0 Å². The van der Waals surface area contributed by atoms with Crippen molar-refractivity contribution >= 4 is 54.5 Å². The van der Waals surface area contributed by atoms with Crippen molar-refractivity contribution < 1.29 is 0 Å². The van der Waals surface area contributed by atoms with Gasteiger partial charge >= 0.3 is 0 Å². The highest BCUT2D eigenvalue weighted by Gasteiger charge is 2.03. The van der Waals surface area contributed by atoms with Crippen LogP contribution in [0.2, 0.25) is 0 Å². The van der Waals surface area contributed by atoms with Crippen molar-refractivity contribution in [3.05, 3.63) is 247 Å². The molecule has 10 rings (SSSR count). The summed E-state index contributed by atoms with van der Waals surface area (Å²) in [6.45, 7) is 0. The van der Waals surface area contributed by atoms with Gasteiger partial charge in [0.05, 0.1) is 0 Å². The first-order valence-corrected chi connectivity index (χ1v) is 20.5. The number of anilines is 3. The van der Waals surface area contributed by atoms with Gasteiger partial charge in [0.2, 0.25) is 0 Å². The standard InChI is InChI=1S/C28H21N.C16H11Br.C12H11N/c1-2-6-21(7-3-1)23-12-16-27(17-13-23)29-28-18-14-24(15-19-28)26-11-10-22-8-4-5-9-25(22)20-26;17-16-9-7-13(8-10-16)15-6-5-12-3-1-2-4-14(12)11-15;13-12-8-6-11(7-9-12)10-4-2-1-3-5-10/h1-20,29H;1-11H;1-9H,13H2. The van der Waals surface area contributed by atoms with Gasteiger partial charge in [0.15, 0.2) is 0 Å². The van der Waals surface area contributed by atoms with E-state index in [1.165, 1.54) is 66.1 Å². The highest BCUT2D eigenvalue weighted by Crippen LogP contribution is 2.29. The molecule has 0 bridgehead atoms. The maximum absolute atomic E-state index is 5.60. The van der Waals surface area contributed by atoms with Gasteiger partial charge in [-0.05, 0) is 127 Å². The predicted octanol–water partition coefficient (Wildman–Crippen LogP) is 16.1. The molecule has 0 aliphatic heterocycles. The molecule has 284 valence electrons. The van der Waals surface area contributed by atoms with E-state index in [1.54, 1.807) is 0 Å². The molecule has 0 atom stereocenters. The van der Waals surface area contributed by atoms with Crippen molar-refractivity contribution in [2.45, 2.75) is 0 Å². The molecule has 0 unspecified atom stereocenters. The Kier molecular flexibility index (Phi) is 12.3. The fraction of sp³-hybridized carbons (Fsp3) is 0. The van der Waals surface area contributed by atoms with Crippen LogP contribution >= 0.6 is 15.9 Å². The van der Waals surface area contributed by atoms with Crippen LogP contribution in [0.3, 0.4) is 0 Å². The second kappa shape index (κ2) is 18.8. The highest BCUT2D eigenvalue weighted by molar-refractivity contribution is 9.10. The Morgan fingerprint density at radius 2 is 0.576 bits per heavy atom. The maximum Gasteiger partial charge on any atom is 0.0384 e. The second-order valence-corrected chi connectivity index (χ2v) is 15.2. The van der Waals surface area contributed by atoms with Crippen molar-refractivity contribution in [1.29, 1.82) is 0 Å². The van der Waals surface area contributed by atoms with Crippen molar-refractivity contribution in [3.8, 4) is 44.5 Å². The van der Waals surface area contributed by atoms with E-state index in [2.05, 4.69) is 215 Å². The second-order valence-electron chi connectivity index (χ2n) is 14.3. The van der Waals surface area contributed by atoms with E-state index in [-0.39, 0.29) is 0 Å². The summed E-state index contributed by atoms with van der Waals surface area (Å²) in [5, 5.41) is 8.60. The fourth-order valence-corrected chi connectivity index (χ4v) is 7.24. The first-order valence-electron chi connectivity index (χ1n) is 19.7. The molecule has 0 amide bonds. The Bertz CT molecular complexity index is 2870. The molecule has 3 N–H and O–H groups in total. The van der Waals surface area contributed by atoms with Crippen LogP contribution in [0.1, 0.15) is 0 Å². The Morgan fingerprint density at radius 3 is 1.00 bits per heavy atom. The zero-order valence-corrected chi connectivity index (χ0v) is 34.1. The quantitative estimate of drug-likeness (QED) is 0.164. The third-order valence-electron chi connectivity index (χ3n) is 10.2. The Balaban J connectivity index is 0.000000136. The predicted molar refractivity (Wildman–Crippen MR) is 258 cm³/mol. The summed E-state index contributed by atoms with van der Waals surface area (Å²) in [6.07, 6.45) is 0. The van der Waals surface area contributed by atoms with Crippen LogP contribution in [0.15, 0.2) is 247 Å². The van der Waals surface area contributed by atoms with E-state index in [1.807, 2.05) is 48.5 Å². The first-order chi connectivity index (χ1) is 29.0. The van der Waals surface area contributed by atoms with E-state index in [0.29, 0.717) is 0 Å². The zero-order chi connectivity index (χ0) is 40.2. The van der Waals surface area contributed by atoms with Crippen LogP contribution in [0.4, 0.5) is 17.1 Å². The molecule has 0 saturated heterocycles. The molecular weight excluding hydrogens is 781 g/mol. The number of fused-ring (bicyclic) bond motifs is 2. The van der Waals surface area contributed by atoms with Crippen LogP contribution in [-0.2, 0) is 0 Å². The number of benzene rings is 10. The highest BCUT2D eigenvalue weighted by atomic mass is 79.9. The van der Waals surface area contributed by atoms with Gasteiger partial charge in [0.1, 0.15) is 0 Å². The third kappa shape index (κ3) is 10.2. The van der Waals surface area contributed by atoms with Crippen LogP contribution in [0, 0.1) is 0 Å². The van der Waals surface area contributed by atoms with Crippen molar-refractivity contribution in [1.82, 2.24) is 0 Å². The molecule has 0 fully saturated rings. The lowest BCUT2D eigenvalue weighted by atomic mass is 10.0. The van der Waals surface area contributed by atoms with Crippen molar-refractivity contribution in [2.75, 3.05) is 11.1 Å². The molecule has 0 heterocycles. The lowest BCUT2D eigenvalue weighted by molar-refractivity contribution is 1.54. The van der Waals surface area contributed by atoms with Crippen molar-refractivity contribution in [2.24, 2.45) is 0 Å². The van der Waals surface area contributed by atoms with Crippen molar-refractivity contribution in [3.63, 3.8) is 0 Å². The summed E-state index contributed by atoms with van der Waals surface area (Å²) in [5.74, 6) is 0. The zero-order valence-electron chi connectivity index (χ0n) is 32.5. The number of nitrogens with one attached hydrogen (secondary N) is 1. The summed E-state index contributed by atoms with van der Waals surface area (Å²) >= 11 is 3.46. The Hall–Kier alpha value is -7.20. The minimum atomic E-state index is 0.805. The van der Waals surface area contributed by atoms with Crippen LogP contribution < -0.4 is 11.1 Å². The average Bonchev–Trinajstić information content (AvgIpc) is 3.31. The topological polar surface area (TPSA) is 38.0 Å². The largest absolute Gasteiger partial charge is 0.399 e. The lowest BCUT2D eigenvalue weighted by Crippen LogP contribution is -1.90. The van der Waals surface area contributed by atoms with E-state index < -0.39 is 0 Å². The molecule has 10 aromatic rings. The van der Waals surface area contributed by atoms with Gasteiger partial charge in [-0.2, -0.15) is 0 Å². The molecule has 10 aromatic carbocycles. The number of nitrogen functional groups attached to an aromatic ring is 1. The lowest BCUT2D eigenvalue weighted by Gasteiger charge is -2.09. The molecule has 0 aromatic heterocycles. The fourth-order valence-electron chi connectivity index (χ4n) is 6.98. The summed E-state index contributed by atoms with van der Waals surface area (Å²) in [5.41, 5.74) is 18.4. The van der Waals surface area contributed by atoms with E-state index in [4.69, 9.17) is 5.73 Å². The number of halogens is 1. The minimum absolute atomic E-state index is 0.805. The molecular formula is C56H43BrN2. The van der Waals surface area contributed by atoms with Crippen LogP contribution in [0.25, 0.3) is 66.1 Å². The third-order valence-corrected chi connectivity index (χ3v) is 10.7. The number of hydrogen-bond acceptors (Lipinski definition) is 2. The molecule has 0 saturated carbocycles. The van der Waals surface area contributed by atoms with Gasteiger partial charge in [-0.15, -0.1) is 0 Å².